The van der Waals surface area contributed by atoms with Crippen molar-refractivity contribution in [1.29, 1.82) is 0 Å². The zero-order valence-electron chi connectivity index (χ0n) is 11.3. The van der Waals surface area contributed by atoms with E-state index in [1.54, 1.807) is 24.3 Å². The van der Waals surface area contributed by atoms with E-state index in [2.05, 4.69) is 17.0 Å². The molecule has 0 aliphatic carbocycles. The number of unbranched alkanes of at least 4 members (excludes halogenated alkanes) is 1. The Morgan fingerprint density at radius 2 is 2.10 bits per heavy atom. The molecule has 1 aromatic carbocycles. The van der Waals surface area contributed by atoms with Gasteiger partial charge in [-0.1, -0.05) is 31.4 Å². The minimum atomic E-state index is -0.646. The van der Waals surface area contributed by atoms with Crippen LogP contribution in [0.5, 0.6) is 5.75 Å². The maximum Gasteiger partial charge on any atom is 0.218 e. The normalized spacial score (nSPS) is 13.9. The third-order valence-electron chi connectivity index (χ3n) is 2.95. The second-order valence-corrected chi connectivity index (χ2v) is 4.98. The van der Waals surface area contributed by atoms with Crippen molar-refractivity contribution >= 4 is 11.6 Å². The van der Waals surface area contributed by atoms with Gasteiger partial charge in [0.15, 0.2) is 0 Å². The molecule has 5 nitrogen and oxygen atoms in total. The molecular weight excluding hydrogens is 278 g/mol. The summed E-state index contributed by atoms with van der Waals surface area (Å²) in [5.74, 6) is 0.630. The summed E-state index contributed by atoms with van der Waals surface area (Å²) in [6, 6.07) is 7.01. The first-order valence-corrected chi connectivity index (χ1v) is 7.03. The molecule has 2 rings (SSSR count). The summed E-state index contributed by atoms with van der Waals surface area (Å²) < 4.78 is 7.35. The van der Waals surface area contributed by atoms with Gasteiger partial charge >= 0.3 is 0 Å². The number of hydrogen-bond acceptors (Lipinski definition) is 4. The summed E-state index contributed by atoms with van der Waals surface area (Å²) in [6.45, 7) is 2.08. The van der Waals surface area contributed by atoms with Crippen LogP contribution in [0, 0.1) is 0 Å². The van der Waals surface area contributed by atoms with Crippen molar-refractivity contribution in [2.45, 2.75) is 38.5 Å². The van der Waals surface area contributed by atoms with Gasteiger partial charge in [0.1, 0.15) is 24.5 Å². The number of aromatic nitrogens is 3. The lowest BCUT2D eigenvalue weighted by Gasteiger charge is -2.24. The molecule has 0 radical (unpaired) electrons. The summed E-state index contributed by atoms with van der Waals surface area (Å²) in [4.78, 5) is 3.90. The van der Waals surface area contributed by atoms with Gasteiger partial charge in [-0.3, -0.25) is 0 Å². The monoisotopic (exact) mass is 295 g/mol. The lowest BCUT2D eigenvalue weighted by atomic mass is 10.1. The highest BCUT2D eigenvalue weighted by Crippen LogP contribution is 2.23. The molecular formula is C14H18ClN3O2. The standard InChI is InChI=1S/C14H18ClN3O2/c1-2-3-4-13(19)14(18-10-16-9-17-18)20-12-7-5-11(15)6-8-12/h5-10,13-14,19H,2-4H2,1H3. The Morgan fingerprint density at radius 3 is 2.70 bits per heavy atom. The Balaban J connectivity index is 2.12. The number of benzene rings is 1. The fraction of sp³-hybridized carbons (Fsp3) is 0.429. The van der Waals surface area contributed by atoms with Crippen LogP contribution in [-0.4, -0.2) is 26.0 Å². The fourth-order valence-corrected chi connectivity index (χ4v) is 1.99. The first kappa shape index (κ1) is 14.8. The molecule has 6 heteroatoms. The largest absolute Gasteiger partial charge is 0.466 e. The predicted octanol–water partition coefficient (Wildman–Crippen LogP) is 3.06. The fourth-order valence-electron chi connectivity index (χ4n) is 1.87. The molecule has 0 bridgehead atoms. The van der Waals surface area contributed by atoms with E-state index in [1.165, 1.54) is 17.3 Å². The molecule has 0 fully saturated rings. The van der Waals surface area contributed by atoms with Crippen LogP contribution >= 0.6 is 11.6 Å². The molecule has 0 saturated carbocycles. The van der Waals surface area contributed by atoms with Crippen molar-refractivity contribution in [3.8, 4) is 5.75 Å². The Bertz CT molecular complexity index is 502. The van der Waals surface area contributed by atoms with Crippen LogP contribution in [-0.2, 0) is 0 Å². The van der Waals surface area contributed by atoms with Gasteiger partial charge in [-0.2, -0.15) is 5.10 Å². The summed E-state index contributed by atoms with van der Waals surface area (Å²) in [5, 5.41) is 15.0. The quantitative estimate of drug-likeness (QED) is 0.853. The van der Waals surface area contributed by atoms with Crippen molar-refractivity contribution < 1.29 is 9.84 Å². The highest BCUT2D eigenvalue weighted by Gasteiger charge is 2.23. The van der Waals surface area contributed by atoms with Gasteiger partial charge in [-0.15, -0.1) is 0 Å². The van der Waals surface area contributed by atoms with Gasteiger partial charge < -0.3 is 9.84 Å². The first-order valence-electron chi connectivity index (χ1n) is 6.65. The molecule has 108 valence electrons. The Labute approximate surface area is 123 Å². The molecule has 0 amide bonds. The topological polar surface area (TPSA) is 60.2 Å². The van der Waals surface area contributed by atoms with Crippen molar-refractivity contribution in [1.82, 2.24) is 14.8 Å². The maximum absolute atomic E-state index is 10.3. The summed E-state index contributed by atoms with van der Waals surface area (Å²) >= 11 is 5.85. The van der Waals surface area contributed by atoms with Crippen LogP contribution < -0.4 is 4.74 Å². The van der Waals surface area contributed by atoms with E-state index >= 15 is 0 Å². The van der Waals surface area contributed by atoms with E-state index < -0.39 is 12.3 Å². The van der Waals surface area contributed by atoms with Crippen molar-refractivity contribution in [2.75, 3.05) is 0 Å². The minimum Gasteiger partial charge on any atom is -0.466 e. The Hall–Kier alpha value is -1.59. The number of hydrogen-bond donors (Lipinski definition) is 1. The average Bonchev–Trinajstić information content (AvgIpc) is 2.98. The lowest BCUT2D eigenvalue weighted by Crippen LogP contribution is -2.29. The average molecular weight is 296 g/mol. The highest BCUT2D eigenvalue weighted by atomic mass is 35.5. The first-order chi connectivity index (χ1) is 9.70. The minimum absolute atomic E-state index is 0.592. The molecule has 2 atom stereocenters. The number of nitrogens with zero attached hydrogens (tertiary/aromatic N) is 3. The van der Waals surface area contributed by atoms with Crippen molar-refractivity contribution in [3.05, 3.63) is 41.9 Å². The molecule has 0 aliphatic heterocycles. The van der Waals surface area contributed by atoms with Gasteiger partial charge in [0, 0.05) is 5.02 Å². The van der Waals surface area contributed by atoms with Gasteiger partial charge in [0.2, 0.25) is 6.23 Å². The van der Waals surface area contributed by atoms with Crippen LogP contribution in [0.4, 0.5) is 0 Å². The number of aliphatic hydroxyl groups excluding tert-OH is 1. The van der Waals surface area contributed by atoms with E-state index in [4.69, 9.17) is 16.3 Å². The molecule has 2 unspecified atom stereocenters. The number of rotatable bonds is 7. The van der Waals surface area contributed by atoms with Crippen molar-refractivity contribution in [2.24, 2.45) is 0 Å². The molecule has 0 aliphatic rings. The van der Waals surface area contributed by atoms with Crippen LogP contribution in [0.3, 0.4) is 0 Å². The zero-order valence-corrected chi connectivity index (χ0v) is 12.1. The highest BCUT2D eigenvalue weighted by molar-refractivity contribution is 6.30. The number of aliphatic hydroxyl groups is 1. The predicted molar refractivity (Wildman–Crippen MR) is 76.7 cm³/mol. The third kappa shape index (κ3) is 3.95. The van der Waals surface area contributed by atoms with E-state index in [1.807, 2.05) is 0 Å². The Morgan fingerprint density at radius 1 is 1.35 bits per heavy atom. The summed E-state index contributed by atoms with van der Waals surface area (Å²) in [5.41, 5.74) is 0. The van der Waals surface area contributed by atoms with E-state index in [-0.39, 0.29) is 0 Å². The van der Waals surface area contributed by atoms with Crippen LogP contribution in [0.1, 0.15) is 32.4 Å². The molecule has 1 heterocycles. The zero-order chi connectivity index (χ0) is 14.4. The second kappa shape index (κ2) is 7.26. The number of halogens is 1. The molecule has 20 heavy (non-hydrogen) atoms. The lowest BCUT2D eigenvalue weighted by molar-refractivity contribution is -0.0226. The van der Waals surface area contributed by atoms with Gasteiger partial charge in [-0.05, 0) is 30.7 Å². The third-order valence-corrected chi connectivity index (χ3v) is 3.20. The molecule has 1 aromatic heterocycles. The smallest absolute Gasteiger partial charge is 0.218 e. The molecule has 2 aromatic rings. The SMILES string of the molecule is CCCCC(O)C(Oc1ccc(Cl)cc1)n1cncn1. The van der Waals surface area contributed by atoms with Gasteiger partial charge in [-0.25, -0.2) is 9.67 Å². The van der Waals surface area contributed by atoms with Crippen LogP contribution in [0.15, 0.2) is 36.9 Å². The van der Waals surface area contributed by atoms with E-state index in [9.17, 15) is 5.11 Å². The van der Waals surface area contributed by atoms with Crippen LogP contribution in [0.25, 0.3) is 0 Å². The number of ether oxygens (including phenoxy) is 1. The van der Waals surface area contributed by atoms with E-state index in [0.717, 1.165) is 12.8 Å². The van der Waals surface area contributed by atoms with Crippen molar-refractivity contribution in [3.63, 3.8) is 0 Å². The summed E-state index contributed by atoms with van der Waals surface area (Å²) in [6.07, 6.45) is 4.31. The Kier molecular flexibility index (Phi) is 5.38. The molecule has 0 saturated heterocycles. The molecule has 1 N–H and O–H groups in total. The maximum atomic E-state index is 10.3. The van der Waals surface area contributed by atoms with Crippen LogP contribution in [0.2, 0.25) is 5.02 Å². The van der Waals surface area contributed by atoms with Gasteiger partial charge in [0.25, 0.3) is 0 Å². The second-order valence-electron chi connectivity index (χ2n) is 4.55. The summed E-state index contributed by atoms with van der Waals surface area (Å²) in [7, 11) is 0. The van der Waals surface area contributed by atoms with Gasteiger partial charge in [0.05, 0.1) is 0 Å². The van der Waals surface area contributed by atoms with E-state index in [0.29, 0.717) is 17.2 Å². The molecule has 0 spiro atoms.